The minimum absolute atomic E-state index is 0.0584. The van der Waals surface area contributed by atoms with Gasteiger partial charge in [-0.3, -0.25) is 9.46 Å². The van der Waals surface area contributed by atoms with E-state index in [2.05, 4.69) is 20.9 Å². The predicted octanol–water partition coefficient (Wildman–Crippen LogP) is 9.64. The molecule has 12 heteroatoms. The molecule has 1 N–H and O–H groups in total. The number of alkyl halides is 3. The predicted molar refractivity (Wildman–Crippen MR) is 187 cm³/mol. The monoisotopic (exact) mass is 707 g/mol. The van der Waals surface area contributed by atoms with Crippen LogP contribution < -0.4 is 9.47 Å². The van der Waals surface area contributed by atoms with E-state index in [4.69, 9.17) is 18.5 Å². The second-order valence-electron chi connectivity index (χ2n) is 12.3. The molecule has 1 aliphatic heterocycles. The Morgan fingerprint density at radius 1 is 0.840 bits per heavy atom. The standard InChI is InChI=1S/C38H41F3N3O5P/c1-3-47-50(45,48-4-2)26-28-11-9-27(10-12-28)25-46-35-7-5-6-8-36(35)49-32-19-21-44(22-20-32)24-29-13-18-33-34(23-29)43-37(42-33)30-14-16-31(17-15-30)38(39,40)41/h5-18,23,32H,3-4,19-22,24-26H2,1-2H3,(H,42,43). The number of aromatic amines is 1. The number of hydrogen-bond donors (Lipinski definition) is 1. The molecule has 4 aromatic carbocycles. The molecule has 0 bridgehead atoms. The molecule has 6 rings (SSSR count). The van der Waals surface area contributed by atoms with Crippen molar-refractivity contribution in [1.82, 2.24) is 14.9 Å². The van der Waals surface area contributed by atoms with Gasteiger partial charge in [0.2, 0.25) is 0 Å². The van der Waals surface area contributed by atoms with Crippen LogP contribution in [0.1, 0.15) is 48.9 Å². The molecule has 1 aromatic heterocycles. The van der Waals surface area contributed by atoms with Crippen molar-refractivity contribution in [2.45, 2.75) is 58.3 Å². The molecule has 0 radical (unpaired) electrons. The smallest absolute Gasteiger partial charge is 0.416 e. The van der Waals surface area contributed by atoms with Gasteiger partial charge in [-0.15, -0.1) is 0 Å². The number of ether oxygens (including phenoxy) is 2. The highest BCUT2D eigenvalue weighted by molar-refractivity contribution is 7.53. The first kappa shape index (κ1) is 35.7. The van der Waals surface area contributed by atoms with Gasteiger partial charge >= 0.3 is 13.8 Å². The number of likely N-dealkylation sites (tertiary alicyclic amines) is 1. The van der Waals surface area contributed by atoms with Crippen molar-refractivity contribution < 1.29 is 36.3 Å². The summed E-state index contributed by atoms with van der Waals surface area (Å²) >= 11 is 0. The summed E-state index contributed by atoms with van der Waals surface area (Å²) in [5.41, 5.74) is 4.51. The van der Waals surface area contributed by atoms with Crippen LogP contribution in [-0.2, 0) is 39.1 Å². The first-order valence-electron chi connectivity index (χ1n) is 16.8. The van der Waals surface area contributed by atoms with Crippen LogP contribution in [-0.4, -0.2) is 47.3 Å². The zero-order chi connectivity index (χ0) is 35.1. The summed E-state index contributed by atoms with van der Waals surface area (Å²) in [6.07, 6.45) is -2.36. The van der Waals surface area contributed by atoms with Gasteiger partial charge in [0.1, 0.15) is 18.5 Å². The third kappa shape index (κ3) is 9.14. The number of nitrogens with one attached hydrogen (secondary N) is 1. The summed E-state index contributed by atoms with van der Waals surface area (Å²) < 4.78 is 75.2. The van der Waals surface area contributed by atoms with Crippen LogP contribution in [0.3, 0.4) is 0 Å². The molecule has 0 saturated carbocycles. The molecule has 0 spiro atoms. The minimum atomic E-state index is -4.37. The van der Waals surface area contributed by atoms with Crippen LogP contribution >= 0.6 is 7.60 Å². The Labute approximate surface area is 290 Å². The van der Waals surface area contributed by atoms with E-state index in [0.717, 1.165) is 72.3 Å². The third-order valence-electron chi connectivity index (χ3n) is 8.56. The minimum Gasteiger partial charge on any atom is -0.486 e. The van der Waals surface area contributed by atoms with Gasteiger partial charge in [0.05, 0.1) is 36.0 Å². The van der Waals surface area contributed by atoms with E-state index in [9.17, 15) is 17.7 Å². The van der Waals surface area contributed by atoms with Crippen molar-refractivity contribution in [2.24, 2.45) is 0 Å². The fourth-order valence-electron chi connectivity index (χ4n) is 6.05. The Morgan fingerprint density at radius 2 is 1.48 bits per heavy atom. The normalized spacial score (nSPS) is 14.7. The fraction of sp³-hybridized carbons (Fsp3) is 0.342. The Balaban J connectivity index is 0.997. The highest BCUT2D eigenvalue weighted by Crippen LogP contribution is 2.51. The molecular weight excluding hydrogens is 666 g/mol. The number of nitrogens with zero attached hydrogens (tertiary/aromatic N) is 2. The largest absolute Gasteiger partial charge is 0.486 e. The second kappa shape index (κ2) is 15.8. The van der Waals surface area contributed by atoms with Crippen LogP contribution in [0.15, 0.2) is 91.0 Å². The number of piperidine rings is 1. The maximum Gasteiger partial charge on any atom is 0.416 e. The number of fused-ring (bicyclic) bond motifs is 1. The first-order chi connectivity index (χ1) is 24.1. The topological polar surface area (TPSA) is 85.9 Å². The van der Waals surface area contributed by atoms with Crippen LogP contribution in [0.5, 0.6) is 11.5 Å². The molecule has 50 heavy (non-hydrogen) atoms. The van der Waals surface area contributed by atoms with E-state index in [1.54, 1.807) is 13.8 Å². The molecule has 2 heterocycles. The van der Waals surface area contributed by atoms with Gasteiger partial charge in [-0.2, -0.15) is 13.2 Å². The SMILES string of the molecule is CCOP(=O)(Cc1ccc(COc2ccccc2OC2CCN(Cc3ccc4nc(-c5ccc(C(F)(F)F)cc5)[nH]c4c3)CC2)cc1)OCC. The lowest BCUT2D eigenvalue weighted by atomic mass is 10.1. The molecule has 0 atom stereocenters. The van der Waals surface area contributed by atoms with E-state index in [1.807, 2.05) is 60.7 Å². The number of H-pyrrole nitrogens is 1. The van der Waals surface area contributed by atoms with E-state index < -0.39 is 19.3 Å². The molecule has 8 nitrogen and oxygen atoms in total. The van der Waals surface area contributed by atoms with Gasteiger partial charge in [-0.1, -0.05) is 54.6 Å². The Hall–Kier alpha value is -4.15. The lowest BCUT2D eigenvalue weighted by Crippen LogP contribution is -2.37. The van der Waals surface area contributed by atoms with E-state index in [1.165, 1.54) is 12.1 Å². The molecule has 1 saturated heterocycles. The summed E-state index contributed by atoms with van der Waals surface area (Å²) in [4.78, 5) is 10.2. The van der Waals surface area contributed by atoms with Gasteiger partial charge in [0.25, 0.3) is 0 Å². The third-order valence-corrected chi connectivity index (χ3v) is 10.6. The van der Waals surface area contributed by atoms with E-state index in [0.29, 0.717) is 42.7 Å². The first-order valence-corrected chi connectivity index (χ1v) is 18.6. The molecular formula is C38H41F3N3O5P. The van der Waals surface area contributed by atoms with Crippen molar-refractivity contribution in [1.29, 1.82) is 0 Å². The number of benzene rings is 4. The van der Waals surface area contributed by atoms with Crippen LogP contribution in [0.4, 0.5) is 13.2 Å². The van der Waals surface area contributed by atoms with Gasteiger partial charge in [-0.05, 0) is 79.8 Å². The maximum atomic E-state index is 13.0. The lowest BCUT2D eigenvalue weighted by Gasteiger charge is -2.32. The summed E-state index contributed by atoms with van der Waals surface area (Å²) in [6.45, 7) is 7.14. The highest BCUT2D eigenvalue weighted by atomic mass is 31.2. The van der Waals surface area contributed by atoms with Crippen molar-refractivity contribution in [2.75, 3.05) is 26.3 Å². The summed E-state index contributed by atoms with van der Waals surface area (Å²) in [5, 5.41) is 0. The number of halogens is 3. The number of hydrogen-bond acceptors (Lipinski definition) is 7. The average molecular weight is 708 g/mol. The molecule has 5 aromatic rings. The fourth-order valence-corrected chi connectivity index (χ4v) is 7.75. The van der Waals surface area contributed by atoms with Crippen molar-refractivity contribution >= 4 is 18.6 Å². The van der Waals surface area contributed by atoms with Gasteiger partial charge in [0, 0.05) is 25.2 Å². The second-order valence-corrected chi connectivity index (χ2v) is 14.3. The van der Waals surface area contributed by atoms with Crippen LogP contribution in [0.25, 0.3) is 22.4 Å². The molecule has 264 valence electrons. The Bertz CT molecular complexity index is 1900. The summed E-state index contributed by atoms with van der Waals surface area (Å²) in [5.74, 6) is 1.93. The Kier molecular flexibility index (Phi) is 11.3. The zero-order valence-electron chi connectivity index (χ0n) is 28.1. The number of para-hydroxylation sites is 2. The number of rotatable bonds is 14. The molecule has 0 amide bonds. The Morgan fingerprint density at radius 3 is 2.14 bits per heavy atom. The van der Waals surface area contributed by atoms with Crippen molar-refractivity contribution in [3.8, 4) is 22.9 Å². The zero-order valence-corrected chi connectivity index (χ0v) is 29.0. The average Bonchev–Trinajstić information content (AvgIpc) is 3.53. The number of imidazole rings is 1. The maximum absolute atomic E-state index is 13.0. The van der Waals surface area contributed by atoms with Crippen molar-refractivity contribution in [3.63, 3.8) is 0 Å². The molecule has 1 aliphatic rings. The molecule has 0 aliphatic carbocycles. The van der Waals surface area contributed by atoms with E-state index in [-0.39, 0.29) is 12.3 Å². The molecule has 1 fully saturated rings. The van der Waals surface area contributed by atoms with Gasteiger partial charge in [0.15, 0.2) is 11.5 Å². The van der Waals surface area contributed by atoms with Gasteiger partial charge < -0.3 is 23.5 Å². The molecule has 0 unspecified atom stereocenters. The van der Waals surface area contributed by atoms with Crippen LogP contribution in [0.2, 0.25) is 0 Å². The highest BCUT2D eigenvalue weighted by Gasteiger charge is 2.30. The number of aromatic nitrogens is 2. The van der Waals surface area contributed by atoms with Crippen LogP contribution in [0, 0.1) is 0 Å². The van der Waals surface area contributed by atoms with Crippen molar-refractivity contribution in [3.05, 3.63) is 113 Å². The summed E-state index contributed by atoms with van der Waals surface area (Å²) in [6, 6.07) is 26.5. The lowest BCUT2D eigenvalue weighted by molar-refractivity contribution is -0.137. The quantitative estimate of drug-likeness (QED) is 0.115. The summed E-state index contributed by atoms with van der Waals surface area (Å²) in [7, 11) is -3.17. The van der Waals surface area contributed by atoms with Gasteiger partial charge in [-0.25, -0.2) is 4.98 Å². The van der Waals surface area contributed by atoms with E-state index >= 15 is 0 Å².